The lowest BCUT2D eigenvalue weighted by atomic mass is 10.2. The minimum atomic E-state index is -0.0991. The average molecular weight is 343 g/mol. The normalized spacial score (nSPS) is 10.8. The van der Waals surface area contributed by atoms with Crippen LogP contribution in [0.25, 0.3) is 0 Å². The third-order valence-corrected chi connectivity index (χ3v) is 3.54. The summed E-state index contributed by atoms with van der Waals surface area (Å²) in [5, 5.41) is 10.0. The molecule has 2 rings (SSSR count). The van der Waals surface area contributed by atoms with Crippen molar-refractivity contribution in [1.29, 1.82) is 0 Å². The van der Waals surface area contributed by atoms with Crippen LogP contribution < -0.4 is 10.6 Å². The average Bonchev–Trinajstić information content (AvgIpc) is 2.82. The van der Waals surface area contributed by atoms with Crippen molar-refractivity contribution in [1.82, 2.24) is 14.7 Å². The van der Waals surface area contributed by atoms with E-state index >= 15 is 0 Å². The first-order valence-electron chi connectivity index (χ1n) is 8.19. The van der Waals surface area contributed by atoms with Gasteiger partial charge in [-0.15, -0.1) is 0 Å². The minimum absolute atomic E-state index is 0.0932. The third kappa shape index (κ3) is 6.04. The zero-order valence-electron chi connectivity index (χ0n) is 15.2. The van der Waals surface area contributed by atoms with Gasteiger partial charge in [0.1, 0.15) is 0 Å². The highest BCUT2D eigenvalue weighted by Crippen LogP contribution is 2.15. The van der Waals surface area contributed by atoms with E-state index in [-0.39, 0.29) is 11.8 Å². The van der Waals surface area contributed by atoms with Crippen molar-refractivity contribution >= 4 is 23.2 Å². The van der Waals surface area contributed by atoms with Gasteiger partial charge < -0.3 is 15.5 Å². The summed E-state index contributed by atoms with van der Waals surface area (Å²) < 4.78 is 1.83. The number of nitrogens with one attached hydrogen (secondary N) is 2. The van der Waals surface area contributed by atoms with Crippen LogP contribution in [0.4, 0.5) is 11.4 Å². The second-order valence-electron chi connectivity index (χ2n) is 6.32. The lowest BCUT2D eigenvalue weighted by Crippen LogP contribution is -2.27. The Morgan fingerprint density at radius 1 is 1.08 bits per heavy atom. The van der Waals surface area contributed by atoms with Crippen molar-refractivity contribution in [3.63, 3.8) is 0 Å². The van der Waals surface area contributed by atoms with Crippen LogP contribution >= 0.6 is 0 Å². The fraction of sp³-hybridized carbons (Fsp3) is 0.389. The van der Waals surface area contributed by atoms with Crippen molar-refractivity contribution in [2.45, 2.75) is 26.8 Å². The Labute approximate surface area is 148 Å². The smallest absolute Gasteiger partial charge is 0.238 e. The number of anilines is 2. The number of carbonyl (C=O) groups is 2. The molecule has 2 N–H and O–H groups in total. The Bertz CT molecular complexity index is 752. The molecule has 25 heavy (non-hydrogen) atoms. The monoisotopic (exact) mass is 343 g/mol. The van der Waals surface area contributed by atoms with Crippen molar-refractivity contribution in [3.8, 4) is 0 Å². The molecular formula is C18H25N5O2. The first-order valence-corrected chi connectivity index (χ1v) is 8.19. The molecule has 0 saturated heterocycles. The van der Waals surface area contributed by atoms with Gasteiger partial charge in [-0.3, -0.25) is 14.3 Å². The Morgan fingerprint density at radius 2 is 1.72 bits per heavy atom. The molecule has 0 aliphatic heterocycles. The Hall–Kier alpha value is -2.67. The molecule has 0 aliphatic rings. The van der Waals surface area contributed by atoms with Crippen LogP contribution in [0.1, 0.15) is 17.8 Å². The molecule has 2 aromatic rings. The van der Waals surface area contributed by atoms with Crippen LogP contribution in [-0.2, 0) is 16.1 Å². The predicted molar refractivity (Wildman–Crippen MR) is 98.6 cm³/mol. The number of nitrogens with zero attached hydrogens (tertiary/aromatic N) is 3. The Morgan fingerprint density at radius 3 is 2.28 bits per heavy atom. The number of rotatable bonds is 7. The molecule has 134 valence electrons. The highest BCUT2D eigenvalue weighted by atomic mass is 16.2. The van der Waals surface area contributed by atoms with E-state index in [1.807, 2.05) is 38.7 Å². The third-order valence-electron chi connectivity index (χ3n) is 3.54. The van der Waals surface area contributed by atoms with E-state index in [0.29, 0.717) is 30.9 Å². The lowest BCUT2D eigenvalue weighted by molar-refractivity contribution is -0.117. The summed E-state index contributed by atoms with van der Waals surface area (Å²) in [6.07, 6.45) is 0.333. The Kier molecular flexibility index (Phi) is 6.30. The van der Waals surface area contributed by atoms with E-state index in [0.717, 1.165) is 11.4 Å². The van der Waals surface area contributed by atoms with Gasteiger partial charge in [-0.2, -0.15) is 5.10 Å². The van der Waals surface area contributed by atoms with Crippen LogP contribution in [0.2, 0.25) is 0 Å². The van der Waals surface area contributed by atoms with Gasteiger partial charge in [0, 0.05) is 30.0 Å². The molecule has 0 fully saturated rings. The first-order chi connectivity index (χ1) is 11.8. The zero-order valence-corrected chi connectivity index (χ0v) is 15.2. The molecular weight excluding hydrogens is 318 g/mol. The van der Waals surface area contributed by atoms with Gasteiger partial charge in [0.25, 0.3) is 0 Å². The summed E-state index contributed by atoms with van der Waals surface area (Å²) in [5.74, 6) is -0.192. The number of hydrogen-bond donors (Lipinski definition) is 2. The molecule has 0 saturated carbocycles. The maximum Gasteiger partial charge on any atom is 0.238 e. The summed E-state index contributed by atoms with van der Waals surface area (Å²) in [6.45, 7) is 4.74. The first kappa shape index (κ1) is 18.7. The lowest BCUT2D eigenvalue weighted by Gasteiger charge is -2.11. The molecule has 0 spiro atoms. The minimum Gasteiger partial charge on any atom is -0.326 e. The van der Waals surface area contributed by atoms with Gasteiger partial charge in [-0.05, 0) is 52.2 Å². The summed E-state index contributed by atoms with van der Waals surface area (Å²) >= 11 is 0. The molecule has 1 aromatic heterocycles. The fourth-order valence-corrected chi connectivity index (χ4v) is 2.49. The SMILES string of the molecule is Cc1cc(C)n(CCC(=O)Nc2cccc(NC(=O)CN(C)C)c2)n1. The Balaban J connectivity index is 1.89. The fourth-order valence-electron chi connectivity index (χ4n) is 2.49. The van der Waals surface area contributed by atoms with Crippen LogP contribution in [-0.4, -0.2) is 47.1 Å². The maximum absolute atomic E-state index is 12.1. The highest BCUT2D eigenvalue weighted by Gasteiger charge is 2.08. The number of hydrogen-bond acceptors (Lipinski definition) is 4. The maximum atomic E-state index is 12.1. The van der Waals surface area contributed by atoms with E-state index < -0.39 is 0 Å². The number of amides is 2. The molecule has 1 heterocycles. The highest BCUT2D eigenvalue weighted by molar-refractivity contribution is 5.94. The molecule has 0 unspecified atom stereocenters. The topological polar surface area (TPSA) is 79.3 Å². The summed E-state index contributed by atoms with van der Waals surface area (Å²) in [6, 6.07) is 9.11. The van der Waals surface area contributed by atoms with Crippen molar-refractivity contribution in [2.75, 3.05) is 31.3 Å². The van der Waals surface area contributed by atoms with E-state index in [1.165, 1.54) is 0 Å². The van der Waals surface area contributed by atoms with Gasteiger partial charge in [0.2, 0.25) is 11.8 Å². The van der Waals surface area contributed by atoms with Crippen LogP contribution in [0, 0.1) is 13.8 Å². The van der Waals surface area contributed by atoms with Gasteiger partial charge in [0.15, 0.2) is 0 Å². The molecule has 2 amide bonds. The van der Waals surface area contributed by atoms with E-state index in [2.05, 4.69) is 15.7 Å². The number of carbonyl (C=O) groups excluding carboxylic acids is 2. The largest absolute Gasteiger partial charge is 0.326 e. The van der Waals surface area contributed by atoms with E-state index in [9.17, 15) is 9.59 Å². The van der Waals surface area contributed by atoms with Crippen LogP contribution in [0.15, 0.2) is 30.3 Å². The zero-order chi connectivity index (χ0) is 18.4. The van der Waals surface area contributed by atoms with Gasteiger partial charge in [-0.1, -0.05) is 6.07 Å². The number of likely N-dealkylation sites (N-methyl/N-ethyl adjacent to an activating group) is 1. The molecule has 0 bridgehead atoms. The van der Waals surface area contributed by atoms with Crippen molar-refractivity contribution in [3.05, 3.63) is 41.7 Å². The van der Waals surface area contributed by atoms with Gasteiger partial charge in [-0.25, -0.2) is 0 Å². The molecule has 0 aliphatic carbocycles. The van der Waals surface area contributed by atoms with E-state index in [4.69, 9.17) is 0 Å². The van der Waals surface area contributed by atoms with Gasteiger partial charge >= 0.3 is 0 Å². The summed E-state index contributed by atoms with van der Waals surface area (Å²) in [4.78, 5) is 25.7. The van der Waals surface area contributed by atoms with Crippen molar-refractivity contribution < 1.29 is 9.59 Å². The standard InChI is InChI=1S/C18H25N5O2/c1-13-10-14(2)23(21-13)9-8-17(24)19-15-6-5-7-16(11-15)20-18(25)12-22(3)4/h5-7,10-11H,8-9,12H2,1-4H3,(H,19,24)(H,20,25). The van der Waals surface area contributed by atoms with Crippen molar-refractivity contribution in [2.24, 2.45) is 0 Å². The molecule has 1 aromatic carbocycles. The quantitative estimate of drug-likeness (QED) is 0.806. The molecule has 7 heteroatoms. The second-order valence-corrected chi connectivity index (χ2v) is 6.32. The summed E-state index contributed by atoms with van der Waals surface area (Å²) in [5.41, 5.74) is 3.29. The number of benzene rings is 1. The summed E-state index contributed by atoms with van der Waals surface area (Å²) in [7, 11) is 3.66. The second kappa shape index (κ2) is 8.43. The van der Waals surface area contributed by atoms with Crippen LogP contribution in [0.3, 0.4) is 0 Å². The number of aryl methyl sites for hydroxylation is 3. The molecule has 0 radical (unpaired) electrons. The van der Waals surface area contributed by atoms with E-state index in [1.54, 1.807) is 29.2 Å². The van der Waals surface area contributed by atoms with Crippen LogP contribution in [0.5, 0.6) is 0 Å². The molecule has 0 atom stereocenters. The predicted octanol–water partition coefficient (Wildman–Crippen LogP) is 2.03. The van der Waals surface area contributed by atoms with Gasteiger partial charge in [0.05, 0.1) is 12.2 Å². The molecule has 7 nitrogen and oxygen atoms in total. The number of aromatic nitrogens is 2.